The maximum atomic E-state index is 12.0. The molecule has 92 valence electrons. The van der Waals surface area contributed by atoms with E-state index < -0.39 is 0 Å². The van der Waals surface area contributed by atoms with Gasteiger partial charge in [0.1, 0.15) is 0 Å². The third kappa shape index (κ3) is 2.52. The number of ether oxygens (including phenoxy) is 1. The molecule has 0 bridgehead atoms. The van der Waals surface area contributed by atoms with E-state index in [0.717, 1.165) is 0 Å². The Bertz CT molecular complexity index is 439. The van der Waals surface area contributed by atoms with Gasteiger partial charge in [0.2, 0.25) is 0 Å². The first-order valence-corrected chi connectivity index (χ1v) is 5.76. The van der Waals surface area contributed by atoms with Crippen LogP contribution in [-0.4, -0.2) is 19.6 Å². The minimum Gasteiger partial charge on any atom is -0.494 e. The molecular weight excluding hydrogens is 216 g/mol. The Morgan fingerprint density at radius 2 is 2.24 bits per heavy atom. The highest BCUT2D eigenvalue weighted by Gasteiger charge is 2.37. The van der Waals surface area contributed by atoms with Crippen molar-refractivity contribution in [3.05, 3.63) is 23.8 Å². The number of methoxy groups -OCH3 is 1. The molecule has 0 unspecified atom stereocenters. The van der Waals surface area contributed by atoms with Gasteiger partial charge in [-0.15, -0.1) is 0 Å². The van der Waals surface area contributed by atoms with Crippen LogP contribution >= 0.6 is 0 Å². The van der Waals surface area contributed by atoms with E-state index in [4.69, 9.17) is 10.5 Å². The Morgan fingerprint density at radius 3 is 2.82 bits per heavy atom. The van der Waals surface area contributed by atoms with E-state index in [1.165, 1.54) is 20.0 Å². The van der Waals surface area contributed by atoms with Crippen LogP contribution in [0.25, 0.3) is 0 Å². The Balaban J connectivity index is 2.10. The molecule has 1 aliphatic rings. The molecule has 4 nitrogen and oxygen atoms in total. The van der Waals surface area contributed by atoms with Crippen molar-refractivity contribution >= 4 is 11.6 Å². The van der Waals surface area contributed by atoms with Gasteiger partial charge in [-0.3, -0.25) is 4.79 Å². The lowest BCUT2D eigenvalue weighted by Crippen LogP contribution is -2.29. The lowest BCUT2D eigenvalue weighted by Gasteiger charge is -2.13. The van der Waals surface area contributed by atoms with Crippen molar-refractivity contribution < 1.29 is 9.53 Å². The molecule has 1 aromatic rings. The third-order valence-electron chi connectivity index (χ3n) is 3.27. The van der Waals surface area contributed by atoms with E-state index in [1.54, 1.807) is 18.2 Å². The second-order valence-electron chi connectivity index (χ2n) is 4.92. The number of amides is 1. The average molecular weight is 234 g/mol. The number of hydrogen-bond acceptors (Lipinski definition) is 3. The Labute approximate surface area is 101 Å². The highest BCUT2D eigenvalue weighted by molar-refractivity contribution is 5.98. The van der Waals surface area contributed by atoms with E-state index in [9.17, 15) is 4.79 Å². The predicted molar refractivity (Wildman–Crippen MR) is 67.1 cm³/mol. The van der Waals surface area contributed by atoms with Crippen molar-refractivity contribution in [1.82, 2.24) is 5.32 Å². The molecule has 1 amide bonds. The van der Waals surface area contributed by atoms with Crippen LogP contribution in [0.15, 0.2) is 18.2 Å². The zero-order chi connectivity index (χ0) is 12.5. The van der Waals surface area contributed by atoms with Gasteiger partial charge < -0.3 is 15.8 Å². The smallest absolute Gasteiger partial charge is 0.255 e. The van der Waals surface area contributed by atoms with Crippen molar-refractivity contribution in [1.29, 1.82) is 0 Å². The number of nitrogens with one attached hydrogen (secondary N) is 1. The van der Waals surface area contributed by atoms with Crippen LogP contribution in [0.3, 0.4) is 0 Å². The molecule has 0 heterocycles. The zero-order valence-corrected chi connectivity index (χ0v) is 10.2. The minimum absolute atomic E-state index is 0.123. The fourth-order valence-corrected chi connectivity index (χ4v) is 1.74. The van der Waals surface area contributed by atoms with Gasteiger partial charge in [0, 0.05) is 6.54 Å². The summed E-state index contributed by atoms with van der Waals surface area (Å²) in [4.78, 5) is 12.0. The number of anilines is 1. The molecule has 0 atom stereocenters. The van der Waals surface area contributed by atoms with E-state index in [1.807, 2.05) is 0 Å². The molecule has 2 rings (SSSR count). The Kier molecular flexibility index (Phi) is 2.96. The van der Waals surface area contributed by atoms with Gasteiger partial charge in [-0.1, -0.05) is 13.0 Å². The summed E-state index contributed by atoms with van der Waals surface area (Å²) >= 11 is 0. The molecule has 1 saturated carbocycles. The maximum absolute atomic E-state index is 12.0. The summed E-state index contributed by atoms with van der Waals surface area (Å²) in [6, 6.07) is 5.20. The quantitative estimate of drug-likeness (QED) is 0.781. The second-order valence-corrected chi connectivity index (χ2v) is 4.92. The van der Waals surface area contributed by atoms with Crippen molar-refractivity contribution in [2.75, 3.05) is 19.4 Å². The number of carbonyl (C=O) groups is 1. The van der Waals surface area contributed by atoms with E-state index >= 15 is 0 Å². The molecule has 0 aliphatic heterocycles. The first-order chi connectivity index (χ1) is 8.06. The summed E-state index contributed by atoms with van der Waals surface area (Å²) in [5.74, 6) is 0.327. The number of rotatable bonds is 4. The molecule has 1 fully saturated rings. The van der Waals surface area contributed by atoms with Crippen LogP contribution < -0.4 is 15.8 Å². The van der Waals surface area contributed by atoms with Gasteiger partial charge in [-0.25, -0.2) is 0 Å². The van der Waals surface area contributed by atoms with Crippen molar-refractivity contribution in [3.8, 4) is 5.75 Å². The molecule has 1 aromatic carbocycles. The maximum Gasteiger partial charge on any atom is 0.255 e. The number of carbonyl (C=O) groups excluding carboxylic acids is 1. The van der Waals surface area contributed by atoms with Crippen molar-refractivity contribution in [2.45, 2.75) is 19.8 Å². The van der Waals surface area contributed by atoms with Crippen LogP contribution in [0.2, 0.25) is 0 Å². The largest absolute Gasteiger partial charge is 0.494 e. The third-order valence-corrected chi connectivity index (χ3v) is 3.27. The summed E-state index contributed by atoms with van der Waals surface area (Å²) in [7, 11) is 1.52. The van der Waals surface area contributed by atoms with Crippen LogP contribution in [0.4, 0.5) is 5.69 Å². The summed E-state index contributed by atoms with van der Waals surface area (Å²) in [6.07, 6.45) is 2.36. The van der Waals surface area contributed by atoms with Gasteiger partial charge in [-0.05, 0) is 30.4 Å². The molecular formula is C13H18N2O2. The fourth-order valence-electron chi connectivity index (χ4n) is 1.74. The van der Waals surface area contributed by atoms with E-state index in [0.29, 0.717) is 29.0 Å². The van der Waals surface area contributed by atoms with Gasteiger partial charge in [0.05, 0.1) is 18.4 Å². The second kappa shape index (κ2) is 4.28. The number of hydrogen-bond donors (Lipinski definition) is 2. The first-order valence-electron chi connectivity index (χ1n) is 5.76. The summed E-state index contributed by atoms with van der Waals surface area (Å²) < 4.78 is 5.16. The number of benzene rings is 1. The van der Waals surface area contributed by atoms with Gasteiger partial charge >= 0.3 is 0 Å². The van der Waals surface area contributed by atoms with E-state index in [2.05, 4.69) is 12.2 Å². The molecule has 3 N–H and O–H groups in total. The monoisotopic (exact) mass is 234 g/mol. The topological polar surface area (TPSA) is 64.3 Å². The van der Waals surface area contributed by atoms with Gasteiger partial charge in [-0.2, -0.15) is 0 Å². The predicted octanol–water partition coefficient (Wildman–Crippen LogP) is 1.81. The molecule has 0 spiro atoms. The Morgan fingerprint density at radius 1 is 1.53 bits per heavy atom. The highest BCUT2D eigenvalue weighted by atomic mass is 16.5. The SMILES string of the molecule is COc1c(N)cccc1C(=O)NCC1(C)CC1. The highest BCUT2D eigenvalue weighted by Crippen LogP contribution is 2.44. The van der Waals surface area contributed by atoms with E-state index in [-0.39, 0.29) is 5.91 Å². The fraction of sp³-hybridized carbons (Fsp3) is 0.462. The molecule has 4 heteroatoms. The zero-order valence-electron chi connectivity index (χ0n) is 10.2. The lowest BCUT2D eigenvalue weighted by molar-refractivity contribution is 0.0943. The molecule has 1 aliphatic carbocycles. The van der Waals surface area contributed by atoms with Crippen LogP contribution in [0, 0.1) is 5.41 Å². The van der Waals surface area contributed by atoms with Crippen LogP contribution in [-0.2, 0) is 0 Å². The van der Waals surface area contributed by atoms with Crippen LogP contribution in [0.1, 0.15) is 30.1 Å². The van der Waals surface area contributed by atoms with Gasteiger partial charge in [0.25, 0.3) is 5.91 Å². The molecule has 17 heavy (non-hydrogen) atoms. The summed E-state index contributed by atoms with van der Waals surface area (Å²) in [5.41, 5.74) is 7.03. The van der Waals surface area contributed by atoms with Crippen molar-refractivity contribution in [2.24, 2.45) is 5.41 Å². The standard InChI is InChI=1S/C13H18N2O2/c1-13(6-7-13)8-15-12(16)9-4-3-5-10(14)11(9)17-2/h3-5H,6-8,14H2,1-2H3,(H,15,16). The molecule has 0 saturated heterocycles. The number of nitrogens with two attached hydrogens (primary N) is 1. The number of nitrogen functional groups attached to an aromatic ring is 1. The molecule has 0 aromatic heterocycles. The van der Waals surface area contributed by atoms with Crippen LogP contribution in [0.5, 0.6) is 5.75 Å². The number of para-hydroxylation sites is 1. The summed E-state index contributed by atoms with van der Waals surface area (Å²) in [5, 5.41) is 2.93. The lowest BCUT2D eigenvalue weighted by atomic mass is 10.1. The summed E-state index contributed by atoms with van der Waals surface area (Å²) in [6.45, 7) is 2.88. The minimum atomic E-state index is -0.123. The normalized spacial score (nSPS) is 16.4. The van der Waals surface area contributed by atoms with Crippen molar-refractivity contribution in [3.63, 3.8) is 0 Å². The first kappa shape index (κ1) is 11.8. The average Bonchev–Trinajstić information content (AvgIpc) is 3.04. The Hall–Kier alpha value is -1.71. The van der Waals surface area contributed by atoms with Gasteiger partial charge in [0.15, 0.2) is 5.75 Å². The molecule has 0 radical (unpaired) electrons.